The number of nitrogens with zero attached hydrogens (tertiary/aromatic N) is 2. The number of hydrogen-bond donors (Lipinski definition) is 1. The second kappa shape index (κ2) is 9.29. The number of sulfonamides is 1. The zero-order valence-corrected chi connectivity index (χ0v) is 18.4. The van der Waals surface area contributed by atoms with Crippen LogP contribution in [0.2, 0.25) is 5.02 Å². The molecule has 1 aromatic heterocycles. The Kier molecular flexibility index (Phi) is 6.29. The Morgan fingerprint density at radius 2 is 1.59 bits per heavy atom. The zero-order valence-electron chi connectivity index (χ0n) is 16.9. The second-order valence-electron chi connectivity index (χ2n) is 6.61. The predicted octanol–water partition coefficient (Wildman–Crippen LogP) is 4.78. The summed E-state index contributed by atoms with van der Waals surface area (Å²) in [4.78, 5) is 4.43. The molecular weight excluding hydrogens is 454 g/mol. The van der Waals surface area contributed by atoms with Crippen LogP contribution in [0.5, 0.6) is 11.5 Å². The summed E-state index contributed by atoms with van der Waals surface area (Å²) in [6.07, 6.45) is 0. The van der Waals surface area contributed by atoms with Crippen molar-refractivity contribution in [3.8, 4) is 22.9 Å². The molecule has 4 aromatic rings. The fourth-order valence-electron chi connectivity index (χ4n) is 2.76. The van der Waals surface area contributed by atoms with Crippen molar-refractivity contribution < 1.29 is 22.4 Å². The molecule has 0 radical (unpaired) electrons. The molecule has 1 N–H and O–H groups in total. The third-order valence-electron chi connectivity index (χ3n) is 4.41. The van der Waals surface area contributed by atoms with Gasteiger partial charge in [0.15, 0.2) is 6.61 Å². The van der Waals surface area contributed by atoms with E-state index in [4.69, 9.17) is 25.6 Å². The Morgan fingerprint density at radius 1 is 0.938 bits per heavy atom. The van der Waals surface area contributed by atoms with Gasteiger partial charge in [0, 0.05) is 16.3 Å². The normalized spacial score (nSPS) is 11.2. The summed E-state index contributed by atoms with van der Waals surface area (Å²) in [6.45, 7) is 0.109. The molecule has 0 aliphatic rings. The SMILES string of the molecule is COc1ccc(OCc2nc(-c3ccc(NS(=O)(=O)c4ccc(Cl)cc4)cc3)no2)cc1. The molecule has 3 aromatic carbocycles. The summed E-state index contributed by atoms with van der Waals surface area (Å²) in [5.41, 5.74) is 1.06. The summed E-state index contributed by atoms with van der Waals surface area (Å²) in [7, 11) is -2.13. The monoisotopic (exact) mass is 471 g/mol. The zero-order chi connectivity index (χ0) is 22.6. The van der Waals surface area contributed by atoms with Crippen LogP contribution in [0, 0.1) is 0 Å². The first kappa shape index (κ1) is 21.7. The topological polar surface area (TPSA) is 104 Å². The number of anilines is 1. The third-order valence-corrected chi connectivity index (χ3v) is 6.06. The van der Waals surface area contributed by atoms with Gasteiger partial charge in [-0.15, -0.1) is 0 Å². The second-order valence-corrected chi connectivity index (χ2v) is 8.73. The Labute approximate surface area is 189 Å². The lowest BCUT2D eigenvalue weighted by Gasteiger charge is -2.08. The van der Waals surface area contributed by atoms with Crippen LogP contribution >= 0.6 is 11.6 Å². The van der Waals surface area contributed by atoms with E-state index in [-0.39, 0.29) is 11.5 Å². The Morgan fingerprint density at radius 3 is 2.25 bits per heavy atom. The van der Waals surface area contributed by atoms with Crippen LogP contribution < -0.4 is 14.2 Å². The van der Waals surface area contributed by atoms with E-state index in [1.54, 1.807) is 55.6 Å². The smallest absolute Gasteiger partial charge is 0.264 e. The predicted molar refractivity (Wildman–Crippen MR) is 119 cm³/mol. The number of hydrogen-bond acceptors (Lipinski definition) is 7. The summed E-state index contributed by atoms with van der Waals surface area (Å²) in [5.74, 6) is 2.05. The van der Waals surface area contributed by atoms with Gasteiger partial charge in [0.25, 0.3) is 15.9 Å². The largest absolute Gasteiger partial charge is 0.497 e. The van der Waals surface area contributed by atoms with Crippen LogP contribution in [-0.4, -0.2) is 25.7 Å². The lowest BCUT2D eigenvalue weighted by Crippen LogP contribution is -2.12. The molecule has 4 rings (SSSR count). The van der Waals surface area contributed by atoms with Crippen LogP contribution in [0.15, 0.2) is 82.2 Å². The van der Waals surface area contributed by atoms with Crippen molar-refractivity contribution in [2.75, 3.05) is 11.8 Å². The van der Waals surface area contributed by atoms with E-state index in [0.29, 0.717) is 33.7 Å². The van der Waals surface area contributed by atoms with Crippen LogP contribution in [0.25, 0.3) is 11.4 Å². The molecule has 0 fully saturated rings. The van der Waals surface area contributed by atoms with E-state index < -0.39 is 10.0 Å². The standard InChI is InChI=1S/C22H18ClN3O5S/c1-29-18-8-10-19(11-9-18)30-14-21-24-22(25-31-21)15-2-6-17(7-3-15)26-32(27,28)20-12-4-16(23)5-13-20/h2-13,26H,14H2,1H3. The minimum absolute atomic E-state index is 0.109. The van der Waals surface area contributed by atoms with E-state index >= 15 is 0 Å². The van der Waals surface area contributed by atoms with Crippen molar-refractivity contribution in [2.45, 2.75) is 11.5 Å². The van der Waals surface area contributed by atoms with Crippen molar-refractivity contribution in [1.29, 1.82) is 0 Å². The quantitative estimate of drug-likeness (QED) is 0.394. The lowest BCUT2D eigenvalue weighted by atomic mass is 10.2. The highest BCUT2D eigenvalue weighted by Crippen LogP contribution is 2.23. The molecule has 0 aliphatic carbocycles. The van der Waals surface area contributed by atoms with Crippen LogP contribution in [-0.2, 0) is 16.6 Å². The number of rotatable bonds is 8. The summed E-state index contributed by atoms with van der Waals surface area (Å²) >= 11 is 5.81. The summed E-state index contributed by atoms with van der Waals surface area (Å²) in [5, 5.41) is 4.41. The molecule has 0 bridgehead atoms. The Hall–Kier alpha value is -3.56. The van der Waals surface area contributed by atoms with Gasteiger partial charge in [0.2, 0.25) is 5.82 Å². The number of methoxy groups -OCH3 is 1. The number of aromatic nitrogens is 2. The van der Waals surface area contributed by atoms with Crippen LogP contribution in [0.4, 0.5) is 5.69 Å². The maximum Gasteiger partial charge on any atom is 0.264 e. The molecule has 0 amide bonds. The first-order valence-corrected chi connectivity index (χ1v) is 11.3. The molecule has 0 spiro atoms. The van der Waals surface area contributed by atoms with Gasteiger partial charge in [0.1, 0.15) is 11.5 Å². The van der Waals surface area contributed by atoms with Gasteiger partial charge in [0.05, 0.1) is 12.0 Å². The highest BCUT2D eigenvalue weighted by atomic mass is 35.5. The minimum Gasteiger partial charge on any atom is -0.497 e. The fraction of sp³-hybridized carbons (Fsp3) is 0.0909. The molecule has 0 aliphatic heterocycles. The van der Waals surface area contributed by atoms with E-state index in [9.17, 15) is 8.42 Å². The molecule has 164 valence electrons. The number of ether oxygens (including phenoxy) is 2. The van der Waals surface area contributed by atoms with Crippen LogP contribution in [0.3, 0.4) is 0 Å². The number of nitrogens with one attached hydrogen (secondary N) is 1. The van der Waals surface area contributed by atoms with Crippen molar-refractivity contribution >= 4 is 27.3 Å². The van der Waals surface area contributed by atoms with E-state index in [1.165, 1.54) is 24.3 Å². The first-order valence-electron chi connectivity index (χ1n) is 9.41. The van der Waals surface area contributed by atoms with Crippen molar-refractivity contribution in [3.63, 3.8) is 0 Å². The van der Waals surface area contributed by atoms with Gasteiger partial charge >= 0.3 is 0 Å². The van der Waals surface area contributed by atoms with Gasteiger partial charge in [-0.1, -0.05) is 16.8 Å². The van der Waals surface area contributed by atoms with Gasteiger partial charge in [-0.05, 0) is 72.8 Å². The van der Waals surface area contributed by atoms with Crippen molar-refractivity contribution in [2.24, 2.45) is 0 Å². The van der Waals surface area contributed by atoms with Crippen LogP contribution in [0.1, 0.15) is 5.89 Å². The molecule has 10 heteroatoms. The fourth-order valence-corrected chi connectivity index (χ4v) is 3.95. The van der Waals surface area contributed by atoms with Crippen molar-refractivity contribution in [1.82, 2.24) is 10.1 Å². The molecule has 1 heterocycles. The van der Waals surface area contributed by atoms with Gasteiger partial charge in [-0.25, -0.2) is 8.42 Å². The lowest BCUT2D eigenvalue weighted by molar-refractivity contribution is 0.242. The Balaban J connectivity index is 1.39. The highest BCUT2D eigenvalue weighted by Gasteiger charge is 2.15. The molecule has 0 atom stereocenters. The van der Waals surface area contributed by atoms with Gasteiger partial charge in [-0.3, -0.25) is 4.72 Å². The molecular formula is C22H18ClN3O5S. The number of benzene rings is 3. The van der Waals surface area contributed by atoms with Gasteiger partial charge in [-0.2, -0.15) is 4.98 Å². The summed E-state index contributed by atoms with van der Waals surface area (Å²) in [6, 6.07) is 19.7. The highest BCUT2D eigenvalue weighted by molar-refractivity contribution is 7.92. The molecule has 32 heavy (non-hydrogen) atoms. The Bertz CT molecular complexity index is 1290. The average molecular weight is 472 g/mol. The van der Waals surface area contributed by atoms with E-state index in [0.717, 1.165) is 5.75 Å². The van der Waals surface area contributed by atoms with E-state index in [1.807, 2.05) is 0 Å². The average Bonchev–Trinajstić information content (AvgIpc) is 3.28. The minimum atomic E-state index is -3.72. The molecule has 0 saturated heterocycles. The number of halogens is 1. The maximum atomic E-state index is 12.5. The third kappa shape index (κ3) is 5.19. The van der Waals surface area contributed by atoms with Gasteiger partial charge < -0.3 is 14.0 Å². The summed E-state index contributed by atoms with van der Waals surface area (Å²) < 4.78 is 43.4. The first-order chi connectivity index (χ1) is 15.4. The maximum absolute atomic E-state index is 12.5. The molecule has 0 unspecified atom stereocenters. The molecule has 8 nitrogen and oxygen atoms in total. The molecule has 0 saturated carbocycles. The van der Waals surface area contributed by atoms with E-state index in [2.05, 4.69) is 14.9 Å². The van der Waals surface area contributed by atoms with Crippen molar-refractivity contribution in [3.05, 3.63) is 83.7 Å².